The van der Waals surface area contributed by atoms with Crippen LogP contribution in [0.1, 0.15) is 71.0 Å². The second-order valence-electron chi connectivity index (χ2n) is 10.7. The number of benzene rings is 3. The first-order valence-electron chi connectivity index (χ1n) is 13.4. The van der Waals surface area contributed by atoms with Crippen molar-refractivity contribution >= 4 is 28.9 Å². The van der Waals surface area contributed by atoms with Crippen LogP contribution in [0, 0.1) is 5.92 Å². The van der Waals surface area contributed by atoms with Gasteiger partial charge >= 0.3 is 0 Å². The molecule has 0 aromatic heterocycles. The zero-order valence-corrected chi connectivity index (χ0v) is 22.7. The summed E-state index contributed by atoms with van der Waals surface area (Å²) in [5.74, 6) is 0.698. The number of nitrogens with one attached hydrogen (secondary N) is 2. The molecule has 194 valence electrons. The zero-order chi connectivity index (χ0) is 26.5. The zero-order valence-electron chi connectivity index (χ0n) is 22.7. The van der Waals surface area contributed by atoms with Crippen LogP contribution >= 0.6 is 0 Å². The molecule has 3 aromatic rings. The molecule has 0 aliphatic carbocycles. The summed E-state index contributed by atoms with van der Waals surface area (Å²) < 4.78 is 0. The molecule has 37 heavy (non-hydrogen) atoms. The molecular formula is C32H39N3O2. The predicted molar refractivity (Wildman–Crippen MR) is 154 cm³/mol. The van der Waals surface area contributed by atoms with E-state index < -0.39 is 0 Å². The molecule has 0 unspecified atom stereocenters. The summed E-state index contributed by atoms with van der Waals surface area (Å²) in [4.78, 5) is 26.0. The fourth-order valence-electron chi connectivity index (χ4n) is 5.32. The van der Waals surface area contributed by atoms with Crippen LogP contribution in [0.3, 0.4) is 0 Å². The minimum atomic E-state index is -0.0936. The van der Waals surface area contributed by atoms with Gasteiger partial charge in [-0.1, -0.05) is 50.6 Å². The first-order chi connectivity index (χ1) is 17.7. The average molecular weight is 498 g/mol. The lowest BCUT2D eigenvalue weighted by molar-refractivity contribution is -0.117. The summed E-state index contributed by atoms with van der Waals surface area (Å²) in [5, 5.41) is 6.61. The second kappa shape index (κ2) is 11.6. The SMILES string of the molecule is CC(=O)Nc1cccc(-c2ccc3c(c2)[C@H](Nc2ccc(CCCC(C)C)cc2)C[C@H](C)N3C(C)=O)c1. The molecule has 2 atom stereocenters. The number of amides is 2. The summed E-state index contributed by atoms with van der Waals surface area (Å²) >= 11 is 0. The number of carbonyl (C=O) groups excluding carboxylic acids is 2. The van der Waals surface area contributed by atoms with Crippen LogP contribution in [0.4, 0.5) is 17.1 Å². The molecule has 0 radical (unpaired) electrons. The number of carbonyl (C=O) groups is 2. The van der Waals surface area contributed by atoms with Crippen LogP contribution in [-0.4, -0.2) is 17.9 Å². The smallest absolute Gasteiger partial charge is 0.224 e. The van der Waals surface area contributed by atoms with Gasteiger partial charge in [0.05, 0.1) is 6.04 Å². The third-order valence-corrected chi connectivity index (χ3v) is 7.08. The molecule has 3 aromatic carbocycles. The van der Waals surface area contributed by atoms with Crippen LogP contribution < -0.4 is 15.5 Å². The van der Waals surface area contributed by atoms with Gasteiger partial charge in [-0.2, -0.15) is 0 Å². The van der Waals surface area contributed by atoms with Crippen molar-refractivity contribution in [1.29, 1.82) is 0 Å². The quantitative estimate of drug-likeness (QED) is 0.337. The maximum Gasteiger partial charge on any atom is 0.224 e. The summed E-state index contributed by atoms with van der Waals surface area (Å²) in [7, 11) is 0. The van der Waals surface area contributed by atoms with Crippen LogP contribution in [0.5, 0.6) is 0 Å². The van der Waals surface area contributed by atoms with E-state index in [2.05, 4.69) is 73.9 Å². The highest BCUT2D eigenvalue weighted by atomic mass is 16.2. The van der Waals surface area contributed by atoms with Crippen molar-refractivity contribution in [3.63, 3.8) is 0 Å². The van der Waals surface area contributed by atoms with Crippen molar-refractivity contribution in [2.45, 2.75) is 72.4 Å². The van der Waals surface area contributed by atoms with Gasteiger partial charge in [0, 0.05) is 37.0 Å². The molecule has 4 rings (SSSR count). The Morgan fingerprint density at radius 1 is 0.946 bits per heavy atom. The number of hydrogen-bond acceptors (Lipinski definition) is 3. The molecule has 0 fully saturated rings. The van der Waals surface area contributed by atoms with Gasteiger partial charge in [0.15, 0.2) is 0 Å². The lowest BCUT2D eigenvalue weighted by Crippen LogP contribution is -2.43. The maximum absolute atomic E-state index is 12.6. The Kier molecular flexibility index (Phi) is 8.32. The van der Waals surface area contributed by atoms with Gasteiger partial charge in [-0.05, 0) is 90.8 Å². The molecule has 5 nitrogen and oxygen atoms in total. The van der Waals surface area contributed by atoms with Gasteiger partial charge in [-0.3, -0.25) is 9.59 Å². The first kappa shape index (κ1) is 26.5. The molecule has 1 aliphatic heterocycles. The summed E-state index contributed by atoms with van der Waals surface area (Å²) in [5.41, 5.74) is 7.36. The van der Waals surface area contributed by atoms with Gasteiger partial charge in [0.25, 0.3) is 0 Å². The Balaban J connectivity index is 1.62. The molecule has 0 bridgehead atoms. The molecule has 0 saturated heterocycles. The Labute approximate surface area is 221 Å². The molecule has 5 heteroatoms. The van der Waals surface area contributed by atoms with E-state index in [-0.39, 0.29) is 23.9 Å². The van der Waals surface area contributed by atoms with Crippen LogP contribution in [0.15, 0.2) is 66.7 Å². The van der Waals surface area contributed by atoms with Crippen molar-refractivity contribution in [3.05, 3.63) is 77.9 Å². The fraction of sp³-hybridized carbons (Fsp3) is 0.375. The predicted octanol–water partition coefficient (Wildman–Crippen LogP) is 7.59. The van der Waals surface area contributed by atoms with E-state index in [0.717, 1.165) is 52.5 Å². The van der Waals surface area contributed by atoms with Gasteiger partial charge in [0.2, 0.25) is 11.8 Å². The molecule has 2 amide bonds. The van der Waals surface area contributed by atoms with Gasteiger partial charge in [-0.15, -0.1) is 0 Å². The van der Waals surface area contributed by atoms with E-state index in [1.165, 1.54) is 25.3 Å². The maximum atomic E-state index is 12.6. The van der Waals surface area contributed by atoms with Gasteiger partial charge < -0.3 is 15.5 Å². The molecule has 2 N–H and O–H groups in total. The van der Waals surface area contributed by atoms with Crippen molar-refractivity contribution in [2.75, 3.05) is 15.5 Å². The van der Waals surface area contributed by atoms with Crippen molar-refractivity contribution in [2.24, 2.45) is 5.92 Å². The summed E-state index contributed by atoms with van der Waals surface area (Å²) in [6, 6.07) is 23.1. The van der Waals surface area contributed by atoms with E-state index >= 15 is 0 Å². The van der Waals surface area contributed by atoms with Crippen LogP contribution in [-0.2, 0) is 16.0 Å². The monoisotopic (exact) mass is 497 g/mol. The van der Waals surface area contributed by atoms with Crippen molar-refractivity contribution in [1.82, 2.24) is 0 Å². The second-order valence-corrected chi connectivity index (χ2v) is 10.7. The number of aryl methyl sites for hydroxylation is 1. The van der Waals surface area contributed by atoms with Gasteiger partial charge in [0.1, 0.15) is 0 Å². The largest absolute Gasteiger partial charge is 0.378 e. The van der Waals surface area contributed by atoms with E-state index in [1.54, 1.807) is 6.92 Å². The molecule has 1 aliphatic rings. The Hall–Kier alpha value is -3.60. The summed E-state index contributed by atoms with van der Waals surface area (Å²) in [6.07, 6.45) is 4.39. The highest BCUT2D eigenvalue weighted by Gasteiger charge is 2.32. The lowest BCUT2D eigenvalue weighted by Gasteiger charge is -2.39. The third kappa shape index (κ3) is 6.59. The number of fused-ring (bicyclic) bond motifs is 1. The first-order valence-corrected chi connectivity index (χ1v) is 13.4. The molecular weight excluding hydrogens is 458 g/mol. The Morgan fingerprint density at radius 2 is 1.68 bits per heavy atom. The highest BCUT2D eigenvalue weighted by Crippen LogP contribution is 2.41. The lowest BCUT2D eigenvalue weighted by atomic mass is 9.88. The Bertz CT molecular complexity index is 1250. The van der Waals surface area contributed by atoms with E-state index in [0.29, 0.717) is 0 Å². The van der Waals surface area contributed by atoms with Crippen LogP contribution in [0.2, 0.25) is 0 Å². The molecule has 0 spiro atoms. The number of nitrogens with zero attached hydrogens (tertiary/aromatic N) is 1. The highest BCUT2D eigenvalue weighted by molar-refractivity contribution is 5.94. The molecule has 1 heterocycles. The number of rotatable bonds is 8. The Morgan fingerprint density at radius 3 is 2.35 bits per heavy atom. The number of anilines is 3. The van der Waals surface area contributed by atoms with Crippen molar-refractivity contribution in [3.8, 4) is 11.1 Å². The van der Waals surface area contributed by atoms with E-state index in [9.17, 15) is 9.59 Å². The number of hydrogen-bond donors (Lipinski definition) is 2. The standard InChI is InChI=1S/C32H39N3O2/c1-21(2)8-6-9-25-12-15-28(16-13-25)34-31-18-22(3)35(24(5)37)32-17-14-27(20-30(31)32)26-10-7-11-29(19-26)33-23(4)36/h7,10-17,19-22,31,34H,6,8-9,18H2,1-5H3,(H,33,36)/t22-,31+/m0/s1. The summed E-state index contributed by atoms with van der Waals surface area (Å²) in [6.45, 7) is 9.80. The van der Waals surface area contributed by atoms with Crippen molar-refractivity contribution < 1.29 is 9.59 Å². The average Bonchev–Trinajstić information content (AvgIpc) is 2.84. The third-order valence-electron chi connectivity index (χ3n) is 7.08. The fourth-order valence-corrected chi connectivity index (χ4v) is 5.32. The minimum Gasteiger partial charge on any atom is -0.378 e. The minimum absolute atomic E-state index is 0.0540. The molecule has 0 saturated carbocycles. The van der Waals surface area contributed by atoms with Gasteiger partial charge in [-0.25, -0.2) is 0 Å². The topological polar surface area (TPSA) is 61.4 Å². The van der Waals surface area contributed by atoms with E-state index in [1.807, 2.05) is 29.2 Å². The van der Waals surface area contributed by atoms with E-state index in [4.69, 9.17) is 0 Å². The van der Waals surface area contributed by atoms with Crippen LogP contribution in [0.25, 0.3) is 11.1 Å². The normalized spacial score (nSPS) is 16.9.